The molecule has 7 heteroatoms. The summed E-state index contributed by atoms with van der Waals surface area (Å²) < 4.78 is 17.6. The van der Waals surface area contributed by atoms with Gasteiger partial charge in [-0.1, -0.05) is 0 Å². The van der Waals surface area contributed by atoms with Gasteiger partial charge in [0.05, 0.1) is 27.9 Å². The van der Waals surface area contributed by atoms with Crippen molar-refractivity contribution in [1.29, 1.82) is 0 Å². The van der Waals surface area contributed by atoms with Gasteiger partial charge in [0, 0.05) is 24.9 Å². The molecule has 1 heterocycles. The number of hydrogen-bond acceptors (Lipinski definition) is 6. The molecule has 0 saturated heterocycles. The van der Waals surface area contributed by atoms with Gasteiger partial charge in [-0.05, 0) is 0 Å². The van der Waals surface area contributed by atoms with E-state index in [0.29, 0.717) is 23.8 Å². The normalized spacial score (nSPS) is 10.2. The van der Waals surface area contributed by atoms with E-state index in [1.807, 2.05) is 19.2 Å². The van der Waals surface area contributed by atoms with Gasteiger partial charge in [0.15, 0.2) is 11.5 Å². The standard InChI is InChI=1S/C13H18N4O3/c1-17-12(15-8-16-17)7-14-9-5-10(18-2)13(20-4)11(6-9)19-3/h5-6,8,14H,7H2,1-4H3. The molecule has 0 bridgehead atoms. The smallest absolute Gasteiger partial charge is 0.203 e. The summed E-state index contributed by atoms with van der Waals surface area (Å²) in [4.78, 5) is 4.15. The lowest BCUT2D eigenvalue weighted by atomic mass is 10.2. The minimum Gasteiger partial charge on any atom is -0.493 e. The fourth-order valence-electron chi connectivity index (χ4n) is 1.84. The highest BCUT2D eigenvalue weighted by atomic mass is 16.5. The Balaban J connectivity index is 2.21. The van der Waals surface area contributed by atoms with Crippen LogP contribution in [0.1, 0.15) is 5.82 Å². The molecule has 20 heavy (non-hydrogen) atoms. The SMILES string of the molecule is COc1cc(NCc2ncnn2C)cc(OC)c1OC. The van der Waals surface area contributed by atoms with Crippen LogP contribution in [0.2, 0.25) is 0 Å². The van der Waals surface area contributed by atoms with Crippen molar-refractivity contribution in [3.63, 3.8) is 0 Å². The molecule has 0 radical (unpaired) electrons. The van der Waals surface area contributed by atoms with Gasteiger partial charge in [0.2, 0.25) is 5.75 Å². The van der Waals surface area contributed by atoms with Crippen LogP contribution in [0.15, 0.2) is 18.5 Å². The Morgan fingerprint density at radius 3 is 2.20 bits per heavy atom. The third kappa shape index (κ3) is 2.76. The quantitative estimate of drug-likeness (QED) is 0.862. The summed E-state index contributed by atoms with van der Waals surface area (Å²) in [7, 11) is 6.60. The van der Waals surface area contributed by atoms with Crippen LogP contribution in [-0.2, 0) is 13.6 Å². The summed E-state index contributed by atoms with van der Waals surface area (Å²) in [6, 6.07) is 3.69. The van der Waals surface area contributed by atoms with E-state index >= 15 is 0 Å². The summed E-state index contributed by atoms with van der Waals surface area (Å²) in [5.41, 5.74) is 0.850. The van der Waals surface area contributed by atoms with Crippen LogP contribution in [0.5, 0.6) is 17.2 Å². The highest BCUT2D eigenvalue weighted by Gasteiger charge is 2.13. The van der Waals surface area contributed by atoms with Crippen molar-refractivity contribution in [2.24, 2.45) is 7.05 Å². The van der Waals surface area contributed by atoms with Gasteiger partial charge in [-0.3, -0.25) is 4.68 Å². The molecule has 0 aliphatic rings. The van der Waals surface area contributed by atoms with E-state index in [0.717, 1.165) is 11.5 Å². The summed E-state index contributed by atoms with van der Waals surface area (Å²) in [6.45, 7) is 0.551. The molecule has 1 N–H and O–H groups in total. The van der Waals surface area contributed by atoms with Crippen molar-refractivity contribution in [2.75, 3.05) is 26.6 Å². The number of hydrogen-bond donors (Lipinski definition) is 1. The lowest BCUT2D eigenvalue weighted by Crippen LogP contribution is -2.07. The molecule has 0 amide bonds. The average molecular weight is 278 g/mol. The number of nitrogens with one attached hydrogen (secondary N) is 1. The summed E-state index contributed by atoms with van der Waals surface area (Å²) in [5.74, 6) is 2.61. The van der Waals surface area contributed by atoms with Crippen molar-refractivity contribution in [3.8, 4) is 17.2 Å². The average Bonchev–Trinajstić information content (AvgIpc) is 2.89. The first-order valence-corrected chi connectivity index (χ1v) is 6.06. The van der Waals surface area contributed by atoms with Crippen LogP contribution in [0.3, 0.4) is 0 Å². The Bertz CT molecular complexity index is 558. The zero-order valence-corrected chi connectivity index (χ0v) is 12.0. The largest absolute Gasteiger partial charge is 0.493 e. The van der Waals surface area contributed by atoms with Crippen LogP contribution in [-0.4, -0.2) is 36.1 Å². The second-order valence-electron chi connectivity index (χ2n) is 4.07. The number of aromatic nitrogens is 3. The molecule has 0 unspecified atom stereocenters. The van der Waals surface area contributed by atoms with E-state index in [4.69, 9.17) is 14.2 Å². The first kappa shape index (κ1) is 14.0. The topological polar surface area (TPSA) is 70.4 Å². The number of benzene rings is 1. The fraction of sp³-hybridized carbons (Fsp3) is 0.385. The first-order chi connectivity index (χ1) is 9.69. The predicted octanol–water partition coefficient (Wildman–Crippen LogP) is 1.45. The lowest BCUT2D eigenvalue weighted by molar-refractivity contribution is 0.324. The first-order valence-electron chi connectivity index (χ1n) is 6.06. The number of methoxy groups -OCH3 is 3. The van der Waals surface area contributed by atoms with Gasteiger partial charge in [0.1, 0.15) is 12.2 Å². The van der Waals surface area contributed by atoms with Gasteiger partial charge < -0.3 is 19.5 Å². The molecule has 7 nitrogen and oxygen atoms in total. The maximum absolute atomic E-state index is 5.30. The zero-order valence-electron chi connectivity index (χ0n) is 12.0. The second-order valence-corrected chi connectivity index (χ2v) is 4.07. The Morgan fingerprint density at radius 1 is 1.10 bits per heavy atom. The third-order valence-electron chi connectivity index (χ3n) is 2.92. The van der Waals surface area contributed by atoms with E-state index in [-0.39, 0.29) is 0 Å². The van der Waals surface area contributed by atoms with Crippen LogP contribution in [0.4, 0.5) is 5.69 Å². The van der Waals surface area contributed by atoms with E-state index in [1.165, 1.54) is 6.33 Å². The number of aryl methyl sites for hydroxylation is 1. The van der Waals surface area contributed by atoms with Crippen molar-refractivity contribution < 1.29 is 14.2 Å². The van der Waals surface area contributed by atoms with Gasteiger partial charge in [-0.25, -0.2) is 4.98 Å². The molecule has 0 spiro atoms. The van der Waals surface area contributed by atoms with E-state index in [2.05, 4.69) is 15.4 Å². The Kier molecular flexibility index (Phi) is 4.29. The number of nitrogens with zero attached hydrogens (tertiary/aromatic N) is 3. The van der Waals surface area contributed by atoms with E-state index in [1.54, 1.807) is 26.0 Å². The van der Waals surface area contributed by atoms with Crippen molar-refractivity contribution in [3.05, 3.63) is 24.3 Å². The monoisotopic (exact) mass is 278 g/mol. The van der Waals surface area contributed by atoms with E-state index < -0.39 is 0 Å². The highest BCUT2D eigenvalue weighted by molar-refractivity contribution is 5.62. The molecule has 2 rings (SSSR count). The van der Waals surface area contributed by atoms with Crippen LogP contribution in [0.25, 0.3) is 0 Å². The molecule has 2 aromatic rings. The van der Waals surface area contributed by atoms with Gasteiger partial charge in [-0.15, -0.1) is 0 Å². The lowest BCUT2D eigenvalue weighted by Gasteiger charge is -2.14. The number of rotatable bonds is 6. The van der Waals surface area contributed by atoms with Crippen molar-refractivity contribution >= 4 is 5.69 Å². The highest BCUT2D eigenvalue weighted by Crippen LogP contribution is 2.39. The molecule has 0 aliphatic heterocycles. The molecular weight excluding hydrogens is 260 g/mol. The Labute approximate surface area is 117 Å². The summed E-state index contributed by atoms with van der Waals surface area (Å²) >= 11 is 0. The molecular formula is C13H18N4O3. The molecule has 0 saturated carbocycles. The summed E-state index contributed by atoms with van der Waals surface area (Å²) in [6.07, 6.45) is 1.52. The minimum absolute atomic E-state index is 0.551. The molecule has 0 fully saturated rings. The Hall–Kier alpha value is -2.44. The fourth-order valence-corrected chi connectivity index (χ4v) is 1.84. The van der Waals surface area contributed by atoms with Crippen LogP contribution >= 0.6 is 0 Å². The summed E-state index contributed by atoms with van der Waals surface area (Å²) in [5, 5.41) is 7.27. The van der Waals surface area contributed by atoms with Gasteiger partial charge in [-0.2, -0.15) is 5.10 Å². The maximum Gasteiger partial charge on any atom is 0.203 e. The van der Waals surface area contributed by atoms with Crippen molar-refractivity contribution in [2.45, 2.75) is 6.54 Å². The molecule has 1 aromatic heterocycles. The Morgan fingerprint density at radius 2 is 1.75 bits per heavy atom. The van der Waals surface area contributed by atoms with Gasteiger partial charge >= 0.3 is 0 Å². The molecule has 1 aromatic carbocycles. The number of anilines is 1. The van der Waals surface area contributed by atoms with Crippen molar-refractivity contribution in [1.82, 2.24) is 14.8 Å². The predicted molar refractivity (Wildman–Crippen MR) is 74.4 cm³/mol. The number of ether oxygens (including phenoxy) is 3. The maximum atomic E-state index is 5.30. The molecule has 0 aliphatic carbocycles. The molecule has 0 atom stereocenters. The third-order valence-corrected chi connectivity index (χ3v) is 2.92. The molecule has 108 valence electrons. The second kappa shape index (κ2) is 6.14. The zero-order chi connectivity index (χ0) is 14.5. The van der Waals surface area contributed by atoms with Crippen LogP contribution in [0, 0.1) is 0 Å². The van der Waals surface area contributed by atoms with Crippen LogP contribution < -0.4 is 19.5 Å². The minimum atomic E-state index is 0.551. The van der Waals surface area contributed by atoms with Gasteiger partial charge in [0.25, 0.3) is 0 Å². The van der Waals surface area contributed by atoms with E-state index in [9.17, 15) is 0 Å².